The fraction of sp³-hybridized carbons (Fsp3) is 0.774. The Morgan fingerprint density at radius 1 is 0.974 bits per heavy atom. The van der Waals surface area contributed by atoms with Crippen molar-refractivity contribution in [1.29, 1.82) is 0 Å². The highest BCUT2D eigenvalue weighted by molar-refractivity contribution is 5.97. The van der Waals surface area contributed by atoms with E-state index in [0.29, 0.717) is 19.1 Å². The molecule has 0 unspecified atom stereocenters. The molecule has 7 heteroatoms. The van der Waals surface area contributed by atoms with Crippen LogP contribution in [0.25, 0.3) is 0 Å². The Balaban J connectivity index is 1.80. The Hall–Kier alpha value is -2.15. The summed E-state index contributed by atoms with van der Waals surface area (Å²) in [7, 11) is 0. The van der Waals surface area contributed by atoms with E-state index in [1.54, 1.807) is 13.8 Å². The third kappa shape index (κ3) is 7.49. The highest BCUT2D eigenvalue weighted by Gasteiger charge is 2.34. The maximum Gasteiger partial charge on any atom is 0.331 e. The van der Waals surface area contributed by atoms with Gasteiger partial charge in [-0.25, -0.2) is 4.79 Å². The van der Waals surface area contributed by atoms with Gasteiger partial charge in [-0.3, -0.25) is 9.59 Å². The first-order valence-electron chi connectivity index (χ1n) is 15.3. The second kappa shape index (κ2) is 13.8. The topological polar surface area (TPSA) is 77.4 Å². The van der Waals surface area contributed by atoms with Crippen LogP contribution in [0.3, 0.4) is 0 Å². The third-order valence-corrected chi connectivity index (χ3v) is 9.26. The van der Waals surface area contributed by atoms with E-state index in [2.05, 4.69) is 26.1 Å². The average molecular weight is 531 g/mol. The zero-order chi connectivity index (χ0) is 27.8. The molecule has 1 fully saturated rings. The zero-order valence-electron chi connectivity index (χ0n) is 24.7. The van der Waals surface area contributed by atoms with Gasteiger partial charge in [-0.05, 0) is 90.7 Å². The van der Waals surface area contributed by atoms with Gasteiger partial charge in [-0.1, -0.05) is 32.1 Å². The number of carbonyl (C=O) groups excluding carboxylic acids is 2. The molecule has 0 bridgehead atoms. The number of fused-ring (bicyclic) bond motifs is 1. The Morgan fingerprint density at radius 2 is 1.58 bits per heavy atom. The summed E-state index contributed by atoms with van der Waals surface area (Å²) in [6.07, 6.45) is 12.3. The number of aryl methyl sites for hydroxylation is 1. The largest absolute Gasteiger partial charge is 0.458 e. The van der Waals surface area contributed by atoms with Crippen LogP contribution in [0.4, 0.5) is 0 Å². The summed E-state index contributed by atoms with van der Waals surface area (Å²) in [6, 6.07) is 1.81. The third-order valence-electron chi connectivity index (χ3n) is 9.26. The number of amides is 1. The van der Waals surface area contributed by atoms with Gasteiger partial charge < -0.3 is 19.1 Å². The number of esters is 1. The van der Waals surface area contributed by atoms with Crippen LogP contribution in [0.1, 0.15) is 114 Å². The molecule has 3 rings (SSSR count). The number of ether oxygens (including phenoxy) is 1. The van der Waals surface area contributed by atoms with Crippen molar-refractivity contribution in [2.75, 3.05) is 32.8 Å². The summed E-state index contributed by atoms with van der Waals surface area (Å²) in [6.45, 7) is 14.5. The van der Waals surface area contributed by atoms with E-state index in [9.17, 15) is 14.4 Å². The molecule has 0 radical (unpaired) electrons. The summed E-state index contributed by atoms with van der Waals surface area (Å²) in [5.41, 5.74) is 0.952. The summed E-state index contributed by atoms with van der Waals surface area (Å²) in [5, 5.41) is 2.84. The van der Waals surface area contributed by atoms with Crippen LogP contribution in [0.2, 0.25) is 0 Å². The molecule has 214 valence electrons. The number of nitrogens with one attached hydrogen (secondary N) is 1. The van der Waals surface area contributed by atoms with Crippen molar-refractivity contribution < 1.29 is 18.8 Å². The summed E-state index contributed by atoms with van der Waals surface area (Å²) in [4.78, 5) is 40.3. The highest BCUT2D eigenvalue weighted by atomic mass is 16.5. The van der Waals surface area contributed by atoms with Crippen LogP contribution >= 0.6 is 0 Å². The van der Waals surface area contributed by atoms with Gasteiger partial charge in [-0.15, -0.1) is 0 Å². The highest BCUT2D eigenvalue weighted by Crippen LogP contribution is 2.27. The molecule has 1 aromatic heterocycles. The number of pyridine rings is 1. The molecule has 1 amide bonds. The molecule has 1 heterocycles. The van der Waals surface area contributed by atoms with Crippen molar-refractivity contribution in [2.45, 2.75) is 117 Å². The number of carbonyl (C=O) groups is 2. The molecule has 7 nitrogen and oxygen atoms in total. The van der Waals surface area contributed by atoms with Gasteiger partial charge in [0.15, 0.2) is 0 Å². The van der Waals surface area contributed by atoms with Gasteiger partial charge in [-0.2, -0.15) is 0 Å². The number of hydrogen-bond acceptors (Lipinski definition) is 4. The number of quaternary nitrogens is 1. The molecule has 0 aliphatic heterocycles. The quantitative estimate of drug-likeness (QED) is 0.322. The SMILES string of the molecule is CC[N+](CC)(CC)CCOC(=O)C(C)(C)NC(=O)c1cc2c(n(CC3CCCCC3)c1=O)CCCCCC2. The predicted octanol–water partition coefficient (Wildman–Crippen LogP) is 5.02. The lowest BCUT2D eigenvalue weighted by Gasteiger charge is -2.35. The maximum absolute atomic E-state index is 13.8. The van der Waals surface area contributed by atoms with E-state index in [0.717, 1.165) is 80.4 Å². The minimum atomic E-state index is -1.23. The van der Waals surface area contributed by atoms with Crippen molar-refractivity contribution in [2.24, 2.45) is 5.92 Å². The first-order valence-corrected chi connectivity index (χ1v) is 15.3. The second-order valence-corrected chi connectivity index (χ2v) is 12.1. The first-order chi connectivity index (χ1) is 18.2. The van der Waals surface area contributed by atoms with Crippen molar-refractivity contribution in [3.05, 3.63) is 33.2 Å². The predicted molar refractivity (Wildman–Crippen MR) is 152 cm³/mol. The van der Waals surface area contributed by atoms with Crippen molar-refractivity contribution in [3.8, 4) is 0 Å². The molecular formula is C31H52N3O4+. The standard InChI is InChI=1S/C31H51N3O4/c1-6-34(7-2,8-3)20-21-38-30(37)31(4,5)32-28(35)26-22-25-18-14-9-10-15-19-27(25)33(29(26)36)23-24-16-12-11-13-17-24/h22,24H,6-21,23H2,1-5H3/p+1. The van der Waals surface area contributed by atoms with Crippen molar-refractivity contribution in [1.82, 2.24) is 9.88 Å². The molecule has 1 aromatic rings. The van der Waals surface area contributed by atoms with Gasteiger partial charge >= 0.3 is 5.97 Å². The van der Waals surface area contributed by atoms with Crippen LogP contribution < -0.4 is 10.9 Å². The Kier molecular flexibility index (Phi) is 11.0. The van der Waals surface area contributed by atoms with Gasteiger partial charge in [0.2, 0.25) is 0 Å². The minimum Gasteiger partial charge on any atom is -0.458 e. The first kappa shape index (κ1) is 30.4. The van der Waals surface area contributed by atoms with Crippen LogP contribution in [0, 0.1) is 5.92 Å². The lowest BCUT2D eigenvalue weighted by atomic mass is 9.88. The molecule has 1 N–H and O–H groups in total. The normalized spacial score (nSPS) is 17.3. The molecular weight excluding hydrogens is 478 g/mol. The molecule has 1 saturated carbocycles. The Labute approximate surface area is 229 Å². The smallest absolute Gasteiger partial charge is 0.331 e. The van der Waals surface area contributed by atoms with E-state index in [1.807, 2.05) is 10.6 Å². The Morgan fingerprint density at radius 3 is 2.21 bits per heavy atom. The van der Waals surface area contributed by atoms with Crippen molar-refractivity contribution in [3.63, 3.8) is 0 Å². The van der Waals surface area contributed by atoms with E-state index in [1.165, 1.54) is 32.1 Å². The second-order valence-electron chi connectivity index (χ2n) is 12.1. The minimum absolute atomic E-state index is 0.152. The van der Waals surface area contributed by atoms with Crippen LogP contribution in [-0.4, -0.2) is 59.3 Å². The molecule has 0 saturated heterocycles. The molecule has 2 aliphatic rings. The maximum atomic E-state index is 13.8. The number of aromatic nitrogens is 1. The Bertz CT molecular complexity index is 995. The lowest BCUT2D eigenvalue weighted by molar-refractivity contribution is -0.923. The fourth-order valence-electron chi connectivity index (χ4n) is 6.28. The van der Waals surface area contributed by atoms with E-state index >= 15 is 0 Å². The average Bonchev–Trinajstić information content (AvgIpc) is 2.89. The van der Waals surface area contributed by atoms with E-state index < -0.39 is 17.4 Å². The van der Waals surface area contributed by atoms with E-state index in [4.69, 9.17) is 4.74 Å². The summed E-state index contributed by atoms with van der Waals surface area (Å²) in [5.74, 6) is -0.471. The van der Waals surface area contributed by atoms with Gasteiger partial charge in [0.25, 0.3) is 11.5 Å². The van der Waals surface area contributed by atoms with Gasteiger partial charge in [0, 0.05) is 12.2 Å². The number of rotatable bonds is 11. The number of hydrogen-bond donors (Lipinski definition) is 1. The number of nitrogens with zero attached hydrogens (tertiary/aromatic N) is 2. The fourth-order valence-corrected chi connectivity index (χ4v) is 6.28. The lowest BCUT2D eigenvalue weighted by Crippen LogP contribution is -2.53. The van der Waals surface area contributed by atoms with Crippen LogP contribution in [-0.2, 0) is 28.9 Å². The van der Waals surface area contributed by atoms with E-state index in [-0.39, 0.29) is 11.1 Å². The monoisotopic (exact) mass is 530 g/mol. The summed E-state index contributed by atoms with van der Waals surface area (Å²) < 4.78 is 8.44. The molecule has 0 aromatic carbocycles. The van der Waals surface area contributed by atoms with Gasteiger partial charge in [0.05, 0.1) is 19.6 Å². The van der Waals surface area contributed by atoms with Crippen LogP contribution in [0.5, 0.6) is 0 Å². The molecule has 38 heavy (non-hydrogen) atoms. The van der Waals surface area contributed by atoms with Crippen molar-refractivity contribution >= 4 is 11.9 Å². The molecule has 0 spiro atoms. The molecule has 2 aliphatic carbocycles. The van der Waals surface area contributed by atoms with Crippen LogP contribution in [0.15, 0.2) is 10.9 Å². The number of likely N-dealkylation sites (N-methyl/N-ethyl adjacent to an activating group) is 1. The zero-order valence-corrected chi connectivity index (χ0v) is 24.7. The summed E-state index contributed by atoms with van der Waals surface area (Å²) >= 11 is 0. The molecule has 0 atom stereocenters. The van der Waals surface area contributed by atoms with Gasteiger partial charge in [0.1, 0.15) is 24.3 Å².